The van der Waals surface area contributed by atoms with Crippen molar-refractivity contribution in [2.24, 2.45) is 5.92 Å². The number of rotatable bonds is 5. The molecule has 0 saturated heterocycles. The van der Waals surface area contributed by atoms with Gasteiger partial charge in [-0.3, -0.25) is 4.79 Å². The lowest BCUT2D eigenvalue weighted by Crippen LogP contribution is -2.31. The van der Waals surface area contributed by atoms with Gasteiger partial charge in [-0.1, -0.05) is 31.4 Å². The number of hydrogen-bond acceptors (Lipinski definition) is 3. The third-order valence-corrected chi connectivity index (χ3v) is 3.82. The van der Waals surface area contributed by atoms with E-state index in [1.54, 1.807) is 12.1 Å². The maximum atomic E-state index is 12.4. The third kappa shape index (κ3) is 3.35. The zero-order valence-corrected chi connectivity index (χ0v) is 11.5. The monoisotopic (exact) mass is 262 g/mol. The summed E-state index contributed by atoms with van der Waals surface area (Å²) in [6.07, 6.45) is 4.45. The van der Waals surface area contributed by atoms with Crippen LogP contribution in [0.2, 0.25) is 0 Å². The van der Waals surface area contributed by atoms with Gasteiger partial charge in [0.15, 0.2) is 5.78 Å². The molecule has 1 aliphatic carbocycles. The van der Waals surface area contributed by atoms with E-state index in [2.05, 4.69) is 0 Å². The highest BCUT2D eigenvalue weighted by atomic mass is 16.5. The highest BCUT2D eigenvalue weighted by Gasteiger charge is 2.29. The van der Waals surface area contributed by atoms with Crippen LogP contribution in [-0.4, -0.2) is 23.6 Å². The summed E-state index contributed by atoms with van der Waals surface area (Å²) < 4.78 is 5.46. The van der Waals surface area contributed by atoms with E-state index in [1.165, 1.54) is 6.42 Å². The SMILES string of the molecule is CCOc1ccccc1C(=O)C(O)C1CCCCC1. The third-order valence-electron chi connectivity index (χ3n) is 3.82. The van der Waals surface area contributed by atoms with Gasteiger partial charge in [0.2, 0.25) is 0 Å². The maximum Gasteiger partial charge on any atom is 0.195 e. The Morgan fingerprint density at radius 1 is 1.32 bits per heavy atom. The lowest BCUT2D eigenvalue weighted by Gasteiger charge is -2.26. The fourth-order valence-electron chi connectivity index (χ4n) is 2.77. The van der Waals surface area contributed by atoms with Crippen molar-refractivity contribution in [2.75, 3.05) is 6.61 Å². The van der Waals surface area contributed by atoms with Gasteiger partial charge in [-0.05, 0) is 37.8 Å². The van der Waals surface area contributed by atoms with E-state index in [-0.39, 0.29) is 11.7 Å². The molecule has 3 nitrogen and oxygen atoms in total. The minimum absolute atomic E-state index is 0.107. The molecule has 1 fully saturated rings. The second-order valence-electron chi connectivity index (χ2n) is 5.14. The number of benzene rings is 1. The van der Waals surface area contributed by atoms with Gasteiger partial charge in [0.1, 0.15) is 11.9 Å². The predicted molar refractivity (Wildman–Crippen MR) is 74.5 cm³/mol. The van der Waals surface area contributed by atoms with Crippen LogP contribution in [0.5, 0.6) is 5.75 Å². The molecule has 19 heavy (non-hydrogen) atoms. The molecule has 1 atom stereocenters. The normalized spacial score (nSPS) is 18.0. The Labute approximate surface area is 114 Å². The predicted octanol–water partition coefficient (Wildman–Crippen LogP) is 3.21. The fraction of sp³-hybridized carbons (Fsp3) is 0.562. The minimum Gasteiger partial charge on any atom is -0.493 e. The van der Waals surface area contributed by atoms with Crippen LogP contribution in [-0.2, 0) is 0 Å². The lowest BCUT2D eigenvalue weighted by atomic mass is 9.82. The first kappa shape index (κ1) is 14.1. The van der Waals surface area contributed by atoms with E-state index < -0.39 is 6.10 Å². The summed E-state index contributed by atoms with van der Waals surface area (Å²) in [5.74, 6) is 0.483. The second-order valence-corrected chi connectivity index (χ2v) is 5.14. The molecule has 104 valence electrons. The Hall–Kier alpha value is -1.35. The quantitative estimate of drug-likeness (QED) is 0.829. The summed E-state index contributed by atoms with van der Waals surface area (Å²) >= 11 is 0. The molecule has 0 aromatic heterocycles. The van der Waals surface area contributed by atoms with Crippen LogP contribution in [0.1, 0.15) is 49.4 Å². The van der Waals surface area contributed by atoms with E-state index in [0.717, 1.165) is 25.7 Å². The Balaban J connectivity index is 2.13. The highest BCUT2D eigenvalue weighted by molar-refractivity contribution is 6.01. The summed E-state index contributed by atoms with van der Waals surface area (Å²) in [4.78, 5) is 12.4. The van der Waals surface area contributed by atoms with Gasteiger partial charge in [0.05, 0.1) is 12.2 Å². The molecule has 1 aliphatic rings. The van der Waals surface area contributed by atoms with Gasteiger partial charge in [-0.2, -0.15) is 0 Å². The number of ketones is 1. The van der Waals surface area contributed by atoms with Gasteiger partial charge in [0, 0.05) is 0 Å². The van der Waals surface area contributed by atoms with Gasteiger partial charge in [-0.15, -0.1) is 0 Å². The summed E-state index contributed by atoms with van der Waals surface area (Å²) in [5, 5.41) is 10.3. The largest absolute Gasteiger partial charge is 0.493 e. The smallest absolute Gasteiger partial charge is 0.195 e. The molecule has 1 saturated carbocycles. The number of ether oxygens (including phenoxy) is 1. The summed E-state index contributed by atoms with van der Waals surface area (Å²) in [6, 6.07) is 7.17. The molecule has 0 bridgehead atoms. The van der Waals surface area contributed by atoms with Crippen molar-refractivity contribution < 1.29 is 14.6 Å². The molecule has 1 N–H and O–H groups in total. The first-order valence-electron chi connectivity index (χ1n) is 7.18. The Kier molecular flexibility index (Phi) is 4.97. The standard InChI is InChI=1S/C16H22O3/c1-2-19-14-11-7-6-10-13(14)16(18)15(17)12-8-4-3-5-9-12/h6-7,10-12,15,17H,2-5,8-9H2,1H3. The molecule has 1 aromatic carbocycles. The van der Waals surface area contributed by atoms with Crippen LogP contribution in [0.4, 0.5) is 0 Å². The van der Waals surface area contributed by atoms with E-state index >= 15 is 0 Å². The van der Waals surface area contributed by atoms with Crippen molar-refractivity contribution in [2.45, 2.75) is 45.1 Å². The number of hydrogen-bond donors (Lipinski definition) is 1. The molecule has 0 radical (unpaired) electrons. The van der Waals surface area contributed by atoms with Crippen LogP contribution in [0.3, 0.4) is 0 Å². The molecule has 1 aromatic rings. The minimum atomic E-state index is -0.887. The zero-order valence-electron chi connectivity index (χ0n) is 11.5. The average molecular weight is 262 g/mol. The topological polar surface area (TPSA) is 46.5 Å². The summed E-state index contributed by atoms with van der Waals surface area (Å²) in [7, 11) is 0. The van der Waals surface area contributed by atoms with Crippen molar-refractivity contribution in [1.82, 2.24) is 0 Å². The summed E-state index contributed by atoms with van der Waals surface area (Å²) in [5.41, 5.74) is 0.502. The van der Waals surface area contributed by atoms with Crippen LogP contribution in [0.15, 0.2) is 24.3 Å². The Morgan fingerprint density at radius 2 is 2.00 bits per heavy atom. The first-order chi connectivity index (χ1) is 9.24. The number of aliphatic hydroxyl groups excluding tert-OH is 1. The number of Topliss-reactive ketones (excluding diaryl/α,β-unsaturated/α-hetero) is 1. The number of carbonyl (C=O) groups is 1. The second kappa shape index (κ2) is 6.71. The van der Waals surface area contributed by atoms with E-state index in [4.69, 9.17) is 4.74 Å². The zero-order chi connectivity index (χ0) is 13.7. The molecular weight excluding hydrogens is 240 g/mol. The molecule has 2 rings (SSSR count). The van der Waals surface area contributed by atoms with E-state index in [1.807, 2.05) is 19.1 Å². The molecule has 0 amide bonds. The molecule has 0 spiro atoms. The van der Waals surface area contributed by atoms with Crippen molar-refractivity contribution in [3.8, 4) is 5.75 Å². The van der Waals surface area contributed by atoms with E-state index in [0.29, 0.717) is 17.9 Å². The van der Waals surface area contributed by atoms with Crippen LogP contribution >= 0.6 is 0 Å². The molecule has 0 heterocycles. The lowest BCUT2D eigenvalue weighted by molar-refractivity contribution is 0.0531. The van der Waals surface area contributed by atoms with Crippen LogP contribution in [0, 0.1) is 5.92 Å². The average Bonchev–Trinajstić information content (AvgIpc) is 2.47. The number of carbonyl (C=O) groups excluding carboxylic acids is 1. The maximum absolute atomic E-state index is 12.4. The van der Waals surface area contributed by atoms with Gasteiger partial charge >= 0.3 is 0 Å². The van der Waals surface area contributed by atoms with Gasteiger partial charge in [0.25, 0.3) is 0 Å². The van der Waals surface area contributed by atoms with Crippen LogP contribution < -0.4 is 4.74 Å². The van der Waals surface area contributed by atoms with Crippen molar-refractivity contribution in [1.29, 1.82) is 0 Å². The van der Waals surface area contributed by atoms with Crippen molar-refractivity contribution >= 4 is 5.78 Å². The molecular formula is C16H22O3. The van der Waals surface area contributed by atoms with Gasteiger partial charge in [-0.25, -0.2) is 0 Å². The molecule has 1 unspecified atom stereocenters. The van der Waals surface area contributed by atoms with Gasteiger partial charge < -0.3 is 9.84 Å². The van der Waals surface area contributed by atoms with Crippen LogP contribution in [0.25, 0.3) is 0 Å². The number of para-hydroxylation sites is 1. The fourth-order valence-corrected chi connectivity index (χ4v) is 2.77. The molecule has 3 heteroatoms. The highest BCUT2D eigenvalue weighted by Crippen LogP contribution is 2.29. The first-order valence-corrected chi connectivity index (χ1v) is 7.18. The number of aliphatic hydroxyl groups is 1. The molecule has 0 aliphatic heterocycles. The van der Waals surface area contributed by atoms with Crippen molar-refractivity contribution in [3.05, 3.63) is 29.8 Å². The summed E-state index contributed by atoms with van der Waals surface area (Å²) in [6.45, 7) is 2.41. The Morgan fingerprint density at radius 3 is 2.68 bits per heavy atom. The van der Waals surface area contributed by atoms with Crippen molar-refractivity contribution in [3.63, 3.8) is 0 Å². The van der Waals surface area contributed by atoms with E-state index in [9.17, 15) is 9.90 Å². The Bertz CT molecular complexity index is 422.